The van der Waals surface area contributed by atoms with Crippen LogP contribution in [0.5, 0.6) is 0 Å². The van der Waals surface area contributed by atoms with E-state index in [2.05, 4.69) is 22.6 Å². The van der Waals surface area contributed by atoms with Gasteiger partial charge in [-0.1, -0.05) is 26.0 Å². The Morgan fingerprint density at radius 2 is 1.75 bits per heavy atom. The molecule has 2 N–H and O–H groups in total. The molecule has 3 heteroatoms. The second kappa shape index (κ2) is 5.77. The zero-order valence-corrected chi connectivity index (χ0v) is 12.0. The van der Waals surface area contributed by atoms with Crippen LogP contribution in [0.25, 0.3) is 0 Å². The molecule has 88 valence electrons. The number of nitrogens with two attached hydrogens (primary N) is 1. The molecule has 1 rings (SSSR count). The molecule has 0 aliphatic heterocycles. The van der Waals surface area contributed by atoms with Crippen LogP contribution < -0.4 is 5.73 Å². The number of halogens is 1. The highest BCUT2D eigenvalue weighted by molar-refractivity contribution is 14.1. The molecular formula is C13H18INO. The van der Waals surface area contributed by atoms with Crippen molar-refractivity contribution in [3.05, 3.63) is 33.4 Å². The van der Waals surface area contributed by atoms with Crippen LogP contribution in [0.2, 0.25) is 0 Å². The highest BCUT2D eigenvalue weighted by Crippen LogP contribution is 2.16. The Balaban J connectivity index is 2.74. The summed E-state index contributed by atoms with van der Waals surface area (Å²) in [5.74, 6) is 0.138. The van der Waals surface area contributed by atoms with E-state index in [1.54, 1.807) is 0 Å². The molecule has 0 aliphatic carbocycles. The molecule has 0 bridgehead atoms. The predicted molar refractivity (Wildman–Crippen MR) is 75.4 cm³/mol. The van der Waals surface area contributed by atoms with Crippen LogP contribution in [-0.4, -0.2) is 11.3 Å². The van der Waals surface area contributed by atoms with E-state index >= 15 is 0 Å². The zero-order chi connectivity index (χ0) is 12.2. The SMILES string of the molecule is CCC(N)(CC)C(=O)Cc1ccc(I)cc1. The Labute approximate surface area is 111 Å². The smallest absolute Gasteiger partial charge is 0.156 e. The van der Waals surface area contributed by atoms with Gasteiger partial charge in [0.1, 0.15) is 0 Å². The van der Waals surface area contributed by atoms with E-state index in [0.717, 1.165) is 5.56 Å². The van der Waals surface area contributed by atoms with Gasteiger partial charge in [-0.05, 0) is 53.1 Å². The number of hydrogen-bond donors (Lipinski definition) is 1. The molecule has 2 nitrogen and oxygen atoms in total. The Kier molecular flexibility index (Phi) is 4.92. The van der Waals surface area contributed by atoms with Gasteiger partial charge in [-0.2, -0.15) is 0 Å². The Hall–Kier alpha value is -0.420. The van der Waals surface area contributed by atoms with Crippen molar-refractivity contribution < 1.29 is 4.79 Å². The summed E-state index contributed by atoms with van der Waals surface area (Å²) in [5, 5.41) is 0. The Morgan fingerprint density at radius 3 is 2.19 bits per heavy atom. The summed E-state index contributed by atoms with van der Waals surface area (Å²) >= 11 is 2.25. The van der Waals surface area contributed by atoms with Crippen molar-refractivity contribution in [3.63, 3.8) is 0 Å². The largest absolute Gasteiger partial charge is 0.319 e. The van der Waals surface area contributed by atoms with Gasteiger partial charge >= 0.3 is 0 Å². The summed E-state index contributed by atoms with van der Waals surface area (Å²) in [5.41, 5.74) is 6.46. The molecule has 0 heterocycles. The zero-order valence-electron chi connectivity index (χ0n) is 9.79. The summed E-state index contributed by atoms with van der Waals surface area (Å²) < 4.78 is 1.18. The van der Waals surface area contributed by atoms with Gasteiger partial charge in [0.2, 0.25) is 0 Å². The normalized spacial score (nSPS) is 11.5. The lowest BCUT2D eigenvalue weighted by atomic mass is 9.86. The van der Waals surface area contributed by atoms with Gasteiger partial charge in [-0.25, -0.2) is 0 Å². The topological polar surface area (TPSA) is 43.1 Å². The number of rotatable bonds is 5. The first-order valence-electron chi connectivity index (χ1n) is 5.58. The molecule has 0 saturated heterocycles. The van der Waals surface area contributed by atoms with Crippen LogP contribution >= 0.6 is 22.6 Å². The van der Waals surface area contributed by atoms with Gasteiger partial charge in [0.25, 0.3) is 0 Å². The van der Waals surface area contributed by atoms with Crippen molar-refractivity contribution in [2.24, 2.45) is 5.73 Å². The summed E-state index contributed by atoms with van der Waals surface area (Å²) in [6.07, 6.45) is 1.84. The summed E-state index contributed by atoms with van der Waals surface area (Å²) in [4.78, 5) is 12.1. The average molecular weight is 331 g/mol. The minimum atomic E-state index is -0.650. The van der Waals surface area contributed by atoms with E-state index in [1.807, 2.05) is 38.1 Å². The molecule has 1 aromatic carbocycles. The molecule has 0 aliphatic rings. The van der Waals surface area contributed by atoms with E-state index in [9.17, 15) is 4.79 Å². The number of ketones is 1. The molecule has 0 unspecified atom stereocenters. The lowest BCUT2D eigenvalue weighted by Gasteiger charge is -2.24. The maximum absolute atomic E-state index is 12.1. The maximum Gasteiger partial charge on any atom is 0.156 e. The van der Waals surface area contributed by atoms with Crippen molar-refractivity contribution in [1.29, 1.82) is 0 Å². The molecule has 0 atom stereocenters. The first kappa shape index (κ1) is 13.6. The van der Waals surface area contributed by atoms with Gasteiger partial charge in [-0.3, -0.25) is 4.79 Å². The molecular weight excluding hydrogens is 313 g/mol. The number of hydrogen-bond acceptors (Lipinski definition) is 2. The van der Waals surface area contributed by atoms with Crippen LogP contribution in [0.15, 0.2) is 24.3 Å². The van der Waals surface area contributed by atoms with Gasteiger partial charge in [0.05, 0.1) is 5.54 Å². The monoisotopic (exact) mass is 331 g/mol. The fourth-order valence-corrected chi connectivity index (χ4v) is 1.97. The van der Waals surface area contributed by atoms with Crippen LogP contribution in [-0.2, 0) is 11.2 Å². The third-order valence-corrected chi connectivity index (χ3v) is 3.81. The highest BCUT2D eigenvalue weighted by Gasteiger charge is 2.29. The first-order chi connectivity index (χ1) is 7.51. The minimum absolute atomic E-state index is 0.138. The third kappa shape index (κ3) is 3.28. The standard InChI is InChI=1S/C13H18INO/c1-3-13(15,4-2)12(16)9-10-5-7-11(14)8-6-10/h5-8H,3-4,9,15H2,1-2H3. The quantitative estimate of drug-likeness (QED) is 0.843. The van der Waals surface area contributed by atoms with Gasteiger partial charge in [0.15, 0.2) is 5.78 Å². The average Bonchev–Trinajstić information content (AvgIpc) is 2.31. The van der Waals surface area contributed by atoms with Gasteiger partial charge in [0, 0.05) is 9.99 Å². The Morgan fingerprint density at radius 1 is 1.25 bits per heavy atom. The van der Waals surface area contributed by atoms with E-state index in [4.69, 9.17) is 5.73 Å². The molecule has 0 aromatic heterocycles. The van der Waals surface area contributed by atoms with E-state index in [1.165, 1.54) is 3.57 Å². The molecule has 0 fully saturated rings. The van der Waals surface area contributed by atoms with Crippen molar-refractivity contribution >= 4 is 28.4 Å². The number of carbonyl (C=O) groups is 1. The Bertz CT molecular complexity index is 355. The molecule has 16 heavy (non-hydrogen) atoms. The van der Waals surface area contributed by atoms with Gasteiger partial charge in [-0.15, -0.1) is 0 Å². The molecule has 0 spiro atoms. The van der Waals surface area contributed by atoms with Gasteiger partial charge < -0.3 is 5.73 Å². The molecule has 0 amide bonds. The van der Waals surface area contributed by atoms with Crippen molar-refractivity contribution in [2.75, 3.05) is 0 Å². The number of benzene rings is 1. The lowest BCUT2D eigenvalue weighted by molar-refractivity contribution is -0.123. The van der Waals surface area contributed by atoms with Crippen LogP contribution in [0.3, 0.4) is 0 Å². The number of Topliss-reactive ketones (excluding diaryl/α,β-unsaturated/α-hetero) is 1. The minimum Gasteiger partial charge on any atom is -0.319 e. The summed E-state index contributed by atoms with van der Waals surface area (Å²) in [6, 6.07) is 8.01. The van der Waals surface area contributed by atoms with E-state index < -0.39 is 5.54 Å². The van der Waals surface area contributed by atoms with E-state index in [-0.39, 0.29) is 5.78 Å². The fraction of sp³-hybridized carbons (Fsp3) is 0.462. The maximum atomic E-state index is 12.1. The number of carbonyl (C=O) groups excluding carboxylic acids is 1. The second-order valence-electron chi connectivity index (χ2n) is 4.09. The fourth-order valence-electron chi connectivity index (χ4n) is 1.61. The van der Waals surface area contributed by atoms with E-state index in [0.29, 0.717) is 19.3 Å². The predicted octanol–water partition coefficient (Wildman–Crippen LogP) is 2.92. The van der Waals surface area contributed by atoms with Crippen molar-refractivity contribution in [3.8, 4) is 0 Å². The molecule has 0 saturated carbocycles. The third-order valence-electron chi connectivity index (χ3n) is 3.10. The van der Waals surface area contributed by atoms with Crippen LogP contribution in [0, 0.1) is 3.57 Å². The molecule has 1 aromatic rings. The van der Waals surface area contributed by atoms with Crippen molar-refractivity contribution in [2.45, 2.75) is 38.6 Å². The van der Waals surface area contributed by atoms with Crippen LogP contribution in [0.4, 0.5) is 0 Å². The summed E-state index contributed by atoms with van der Waals surface area (Å²) in [7, 11) is 0. The second-order valence-corrected chi connectivity index (χ2v) is 5.34. The lowest BCUT2D eigenvalue weighted by Crippen LogP contribution is -2.47. The first-order valence-corrected chi connectivity index (χ1v) is 6.66. The molecule has 0 radical (unpaired) electrons. The highest BCUT2D eigenvalue weighted by atomic mass is 127. The van der Waals surface area contributed by atoms with Crippen molar-refractivity contribution in [1.82, 2.24) is 0 Å². The summed E-state index contributed by atoms with van der Waals surface area (Å²) in [6.45, 7) is 3.94. The van der Waals surface area contributed by atoms with Crippen LogP contribution in [0.1, 0.15) is 32.3 Å².